The Morgan fingerprint density at radius 3 is 2.62 bits per heavy atom. The average molecular weight is 352 g/mol. The van der Waals surface area contributed by atoms with E-state index in [1.165, 1.54) is 5.56 Å². The fourth-order valence-corrected chi connectivity index (χ4v) is 3.42. The van der Waals surface area contributed by atoms with Crippen LogP contribution in [0.3, 0.4) is 0 Å². The smallest absolute Gasteiger partial charge is 0.270 e. The van der Waals surface area contributed by atoms with Crippen LogP contribution >= 0.6 is 0 Å². The predicted molar refractivity (Wildman–Crippen MR) is 104 cm³/mol. The van der Waals surface area contributed by atoms with Crippen molar-refractivity contribution in [1.82, 2.24) is 15.3 Å². The largest absolute Gasteiger partial charge is 0.351 e. The van der Waals surface area contributed by atoms with Crippen molar-refractivity contribution in [3.8, 4) is 0 Å². The zero-order valence-corrected chi connectivity index (χ0v) is 15.7. The van der Waals surface area contributed by atoms with Gasteiger partial charge in [-0.05, 0) is 50.2 Å². The third-order valence-electron chi connectivity index (χ3n) is 4.88. The lowest BCUT2D eigenvalue weighted by atomic mass is 9.90. The van der Waals surface area contributed by atoms with Crippen molar-refractivity contribution in [3.05, 3.63) is 53.3 Å². The molecule has 1 aliphatic rings. The van der Waals surface area contributed by atoms with Crippen molar-refractivity contribution in [2.24, 2.45) is 5.92 Å². The molecule has 0 unspecified atom stereocenters. The predicted octanol–water partition coefficient (Wildman–Crippen LogP) is 3.38. The monoisotopic (exact) mass is 352 g/mol. The third kappa shape index (κ3) is 4.81. The molecule has 0 bridgehead atoms. The van der Waals surface area contributed by atoms with Gasteiger partial charge in [0.25, 0.3) is 5.91 Å². The van der Waals surface area contributed by atoms with Gasteiger partial charge in [-0.1, -0.05) is 37.3 Å². The Morgan fingerprint density at radius 1 is 1.19 bits per heavy atom. The lowest BCUT2D eigenvalue weighted by molar-refractivity contribution is 0.0948. The molecular weight excluding hydrogens is 324 g/mol. The molecule has 1 amide bonds. The van der Waals surface area contributed by atoms with E-state index >= 15 is 0 Å². The number of nitrogens with one attached hydrogen (secondary N) is 1. The number of carbonyl (C=O) groups excluding carboxylic acids is 1. The maximum atomic E-state index is 12.2. The summed E-state index contributed by atoms with van der Waals surface area (Å²) in [5.41, 5.74) is 2.71. The molecule has 1 saturated heterocycles. The third-order valence-corrected chi connectivity index (χ3v) is 4.88. The van der Waals surface area contributed by atoms with Crippen LogP contribution in [0, 0.1) is 12.8 Å². The van der Waals surface area contributed by atoms with Gasteiger partial charge in [-0.25, -0.2) is 9.97 Å². The van der Waals surface area contributed by atoms with E-state index in [2.05, 4.69) is 50.5 Å². The molecule has 0 spiro atoms. The average Bonchev–Trinajstić information content (AvgIpc) is 2.67. The van der Waals surface area contributed by atoms with Crippen LogP contribution in [0.2, 0.25) is 0 Å². The molecule has 1 fully saturated rings. The fourth-order valence-electron chi connectivity index (χ4n) is 3.42. The van der Waals surface area contributed by atoms with E-state index in [1.54, 1.807) is 6.07 Å². The van der Waals surface area contributed by atoms with Gasteiger partial charge in [-0.3, -0.25) is 4.79 Å². The van der Waals surface area contributed by atoms with E-state index in [4.69, 9.17) is 0 Å². The number of aryl methyl sites for hydroxylation is 1. The second-order valence-electron chi connectivity index (χ2n) is 7.07. The van der Waals surface area contributed by atoms with Gasteiger partial charge in [0, 0.05) is 25.3 Å². The van der Waals surface area contributed by atoms with Crippen LogP contribution in [0.4, 0.5) is 5.95 Å². The Labute approximate surface area is 155 Å². The highest BCUT2D eigenvalue weighted by atomic mass is 16.1. The molecule has 0 radical (unpaired) electrons. The number of aromatic nitrogens is 2. The Bertz CT molecular complexity index is 724. The highest BCUT2D eigenvalue weighted by molar-refractivity contribution is 5.92. The summed E-state index contributed by atoms with van der Waals surface area (Å²) in [6, 6.07) is 12.5. The molecule has 5 nitrogen and oxygen atoms in total. The first-order chi connectivity index (χ1) is 12.7. The number of hydrogen-bond donors (Lipinski definition) is 1. The van der Waals surface area contributed by atoms with Gasteiger partial charge in [0.15, 0.2) is 0 Å². The van der Waals surface area contributed by atoms with Crippen LogP contribution in [0.1, 0.15) is 47.9 Å². The molecule has 0 atom stereocenters. The number of benzene rings is 1. The molecule has 5 heteroatoms. The molecule has 3 rings (SSSR count). The zero-order chi connectivity index (χ0) is 18.4. The molecule has 0 saturated carbocycles. The fraction of sp³-hybridized carbons (Fsp3) is 0.476. The standard InChI is InChI=1S/C21H28N4O/c1-3-11-22-20(26)19-14-16(2)23-21(24-19)25-12-9-18(10-13-25)15-17-7-5-4-6-8-17/h4-8,14,18H,3,9-13,15H2,1-2H3,(H,22,26). The highest BCUT2D eigenvalue weighted by Gasteiger charge is 2.22. The number of nitrogens with zero attached hydrogens (tertiary/aromatic N) is 3. The van der Waals surface area contributed by atoms with Gasteiger partial charge >= 0.3 is 0 Å². The molecule has 0 aliphatic carbocycles. The molecule has 1 aromatic carbocycles. The SMILES string of the molecule is CCCNC(=O)c1cc(C)nc(N2CCC(Cc3ccccc3)CC2)n1. The molecule has 1 aliphatic heterocycles. The van der Waals surface area contributed by atoms with Crippen molar-refractivity contribution >= 4 is 11.9 Å². The molecule has 1 N–H and O–H groups in total. The number of amides is 1. The Hall–Kier alpha value is -2.43. The maximum absolute atomic E-state index is 12.2. The molecular formula is C21H28N4O. The van der Waals surface area contributed by atoms with Crippen LogP contribution in [-0.4, -0.2) is 35.5 Å². The van der Waals surface area contributed by atoms with E-state index in [0.29, 0.717) is 24.1 Å². The maximum Gasteiger partial charge on any atom is 0.270 e. The van der Waals surface area contributed by atoms with E-state index in [9.17, 15) is 4.79 Å². The van der Waals surface area contributed by atoms with Crippen LogP contribution in [-0.2, 0) is 6.42 Å². The Balaban J connectivity index is 1.62. The van der Waals surface area contributed by atoms with Crippen LogP contribution in [0.15, 0.2) is 36.4 Å². The summed E-state index contributed by atoms with van der Waals surface area (Å²) in [5, 5.41) is 2.89. The van der Waals surface area contributed by atoms with E-state index in [0.717, 1.165) is 44.5 Å². The van der Waals surface area contributed by atoms with Crippen LogP contribution in [0.5, 0.6) is 0 Å². The van der Waals surface area contributed by atoms with Gasteiger partial charge in [-0.15, -0.1) is 0 Å². The van der Waals surface area contributed by atoms with Gasteiger partial charge in [0.1, 0.15) is 5.69 Å². The summed E-state index contributed by atoms with van der Waals surface area (Å²) in [6.45, 7) is 6.51. The normalized spacial score (nSPS) is 15.1. The van der Waals surface area contributed by atoms with Crippen molar-refractivity contribution < 1.29 is 4.79 Å². The van der Waals surface area contributed by atoms with Gasteiger partial charge in [0.05, 0.1) is 0 Å². The lowest BCUT2D eigenvalue weighted by Crippen LogP contribution is -2.36. The number of piperidine rings is 1. The summed E-state index contributed by atoms with van der Waals surface area (Å²) >= 11 is 0. The first-order valence-corrected chi connectivity index (χ1v) is 9.58. The molecule has 26 heavy (non-hydrogen) atoms. The number of anilines is 1. The quantitative estimate of drug-likeness (QED) is 0.866. The molecule has 2 heterocycles. The second-order valence-corrected chi connectivity index (χ2v) is 7.07. The van der Waals surface area contributed by atoms with E-state index < -0.39 is 0 Å². The zero-order valence-electron chi connectivity index (χ0n) is 15.7. The Kier molecular flexibility index (Phi) is 6.21. The van der Waals surface area contributed by atoms with E-state index in [1.807, 2.05) is 13.8 Å². The minimum Gasteiger partial charge on any atom is -0.351 e. The summed E-state index contributed by atoms with van der Waals surface area (Å²) in [7, 11) is 0. The minimum absolute atomic E-state index is 0.113. The summed E-state index contributed by atoms with van der Waals surface area (Å²) in [5.74, 6) is 1.27. The Morgan fingerprint density at radius 2 is 1.92 bits per heavy atom. The first-order valence-electron chi connectivity index (χ1n) is 9.58. The van der Waals surface area contributed by atoms with Crippen LogP contribution < -0.4 is 10.2 Å². The van der Waals surface area contributed by atoms with Gasteiger partial charge in [-0.2, -0.15) is 0 Å². The van der Waals surface area contributed by atoms with Crippen molar-refractivity contribution in [2.75, 3.05) is 24.5 Å². The number of rotatable bonds is 6. The summed E-state index contributed by atoms with van der Waals surface area (Å²) in [6.07, 6.45) is 4.30. The number of carbonyl (C=O) groups is 1. The molecule has 2 aromatic rings. The lowest BCUT2D eigenvalue weighted by Gasteiger charge is -2.32. The topological polar surface area (TPSA) is 58.1 Å². The van der Waals surface area contributed by atoms with E-state index in [-0.39, 0.29) is 5.91 Å². The van der Waals surface area contributed by atoms with Gasteiger partial charge in [0.2, 0.25) is 5.95 Å². The van der Waals surface area contributed by atoms with Crippen LogP contribution in [0.25, 0.3) is 0 Å². The molecule has 138 valence electrons. The summed E-state index contributed by atoms with van der Waals surface area (Å²) in [4.78, 5) is 23.5. The second kappa shape index (κ2) is 8.79. The van der Waals surface area contributed by atoms with Crippen molar-refractivity contribution in [1.29, 1.82) is 0 Å². The summed E-state index contributed by atoms with van der Waals surface area (Å²) < 4.78 is 0. The molecule has 1 aromatic heterocycles. The minimum atomic E-state index is -0.113. The highest BCUT2D eigenvalue weighted by Crippen LogP contribution is 2.24. The number of hydrogen-bond acceptors (Lipinski definition) is 4. The van der Waals surface area contributed by atoms with Gasteiger partial charge < -0.3 is 10.2 Å². The first kappa shape index (κ1) is 18.4. The van der Waals surface area contributed by atoms with Crippen molar-refractivity contribution in [3.63, 3.8) is 0 Å². The van der Waals surface area contributed by atoms with Crippen molar-refractivity contribution in [2.45, 2.75) is 39.5 Å².